The minimum atomic E-state index is -0.958. The largest absolute Gasteiger partial charge is 0.478 e. The maximum Gasteiger partial charge on any atom is 0.335 e. The normalized spacial score (nSPS) is 10.1. The van der Waals surface area contributed by atoms with Crippen LogP contribution in [0.1, 0.15) is 21.5 Å². The molecule has 0 amide bonds. The lowest BCUT2D eigenvalue weighted by Crippen LogP contribution is -1.96. The third-order valence-electron chi connectivity index (χ3n) is 2.51. The molecular weight excluding hydrogens is 228 g/mol. The van der Waals surface area contributed by atoms with Gasteiger partial charge in [0.25, 0.3) is 0 Å². The van der Waals surface area contributed by atoms with Crippen LogP contribution < -0.4 is 4.74 Å². The number of carboxylic acid groups (broad SMARTS) is 1. The van der Waals surface area contributed by atoms with Gasteiger partial charge in [0.05, 0.1) is 5.56 Å². The monoisotopic (exact) mass is 242 g/mol. The Kier molecular flexibility index (Phi) is 3.33. The number of hydrogen-bond acceptors (Lipinski definition) is 2. The van der Waals surface area contributed by atoms with E-state index >= 15 is 0 Å². The van der Waals surface area contributed by atoms with Crippen molar-refractivity contribution in [1.29, 1.82) is 0 Å². The van der Waals surface area contributed by atoms with Crippen LogP contribution in [0.5, 0.6) is 11.5 Å². The summed E-state index contributed by atoms with van der Waals surface area (Å²) in [5.74, 6) is 0.288. The van der Waals surface area contributed by atoms with Crippen LogP contribution in [0.4, 0.5) is 0 Å². The molecule has 92 valence electrons. The summed E-state index contributed by atoms with van der Waals surface area (Å²) in [4.78, 5) is 10.9. The Morgan fingerprint density at radius 3 is 2.28 bits per heavy atom. The number of hydrogen-bond donors (Lipinski definition) is 1. The fourth-order valence-corrected chi connectivity index (χ4v) is 1.82. The van der Waals surface area contributed by atoms with Gasteiger partial charge in [-0.25, -0.2) is 4.79 Å². The molecule has 0 fully saturated rings. The maximum atomic E-state index is 10.9. The van der Waals surface area contributed by atoms with Crippen LogP contribution in [-0.2, 0) is 0 Å². The van der Waals surface area contributed by atoms with E-state index in [0.29, 0.717) is 5.75 Å². The molecule has 0 atom stereocenters. The van der Waals surface area contributed by atoms with E-state index in [1.807, 2.05) is 26.0 Å². The third-order valence-corrected chi connectivity index (χ3v) is 2.51. The molecule has 0 bridgehead atoms. The van der Waals surface area contributed by atoms with Crippen molar-refractivity contribution >= 4 is 5.97 Å². The molecule has 2 aromatic carbocycles. The molecule has 0 aliphatic heterocycles. The summed E-state index contributed by atoms with van der Waals surface area (Å²) in [6.45, 7) is 3.99. The number of benzene rings is 2. The van der Waals surface area contributed by atoms with Gasteiger partial charge in [-0.15, -0.1) is 0 Å². The highest BCUT2D eigenvalue weighted by molar-refractivity contribution is 5.88. The van der Waals surface area contributed by atoms with Crippen LogP contribution in [-0.4, -0.2) is 11.1 Å². The van der Waals surface area contributed by atoms with Crippen LogP contribution in [0.25, 0.3) is 0 Å². The first kappa shape index (κ1) is 12.2. The van der Waals surface area contributed by atoms with Crippen LogP contribution in [0.15, 0.2) is 42.5 Å². The molecule has 3 nitrogen and oxygen atoms in total. The van der Waals surface area contributed by atoms with Crippen molar-refractivity contribution in [2.45, 2.75) is 13.8 Å². The first-order valence-electron chi connectivity index (χ1n) is 5.64. The predicted octanol–water partition coefficient (Wildman–Crippen LogP) is 3.79. The molecule has 3 heteroatoms. The fraction of sp³-hybridized carbons (Fsp3) is 0.133. The molecule has 2 rings (SSSR count). The summed E-state index contributed by atoms with van der Waals surface area (Å²) in [5, 5.41) is 8.91. The summed E-state index contributed by atoms with van der Waals surface area (Å²) in [7, 11) is 0. The maximum absolute atomic E-state index is 10.9. The highest BCUT2D eigenvalue weighted by atomic mass is 16.5. The van der Waals surface area contributed by atoms with Gasteiger partial charge in [-0.1, -0.05) is 12.1 Å². The standard InChI is InChI=1S/C15H14O3/c1-10-6-11(2)8-14(7-10)18-13-5-3-4-12(9-13)15(16)17/h3-9H,1-2H3,(H,16,17). The number of rotatable bonds is 3. The summed E-state index contributed by atoms with van der Waals surface area (Å²) < 4.78 is 5.67. The fourth-order valence-electron chi connectivity index (χ4n) is 1.82. The summed E-state index contributed by atoms with van der Waals surface area (Å²) in [6.07, 6.45) is 0. The van der Waals surface area contributed by atoms with Gasteiger partial charge in [0.1, 0.15) is 11.5 Å². The van der Waals surface area contributed by atoms with Gasteiger partial charge in [0, 0.05) is 0 Å². The van der Waals surface area contributed by atoms with E-state index in [4.69, 9.17) is 9.84 Å². The first-order valence-corrected chi connectivity index (χ1v) is 5.64. The zero-order chi connectivity index (χ0) is 13.1. The smallest absolute Gasteiger partial charge is 0.335 e. The van der Waals surface area contributed by atoms with Crippen molar-refractivity contribution in [2.24, 2.45) is 0 Å². The molecule has 0 aromatic heterocycles. The minimum absolute atomic E-state index is 0.219. The molecule has 1 N–H and O–H groups in total. The Morgan fingerprint density at radius 1 is 1.00 bits per heavy atom. The van der Waals surface area contributed by atoms with Crippen molar-refractivity contribution in [1.82, 2.24) is 0 Å². The summed E-state index contributed by atoms with van der Waals surface area (Å²) in [5.41, 5.74) is 2.44. The number of carbonyl (C=O) groups is 1. The lowest BCUT2D eigenvalue weighted by Gasteiger charge is -2.08. The zero-order valence-corrected chi connectivity index (χ0v) is 10.3. The number of aryl methyl sites for hydroxylation is 2. The van der Waals surface area contributed by atoms with Crippen molar-refractivity contribution in [3.8, 4) is 11.5 Å². The lowest BCUT2D eigenvalue weighted by molar-refractivity contribution is 0.0696. The van der Waals surface area contributed by atoms with E-state index in [1.165, 1.54) is 12.1 Å². The highest BCUT2D eigenvalue weighted by Crippen LogP contribution is 2.24. The van der Waals surface area contributed by atoms with Gasteiger partial charge < -0.3 is 9.84 Å². The average molecular weight is 242 g/mol. The van der Waals surface area contributed by atoms with Gasteiger partial charge in [0.15, 0.2) is 0 Å². The third kappa shape index (κ3) is 2.88. The molecule has 0 aliphatic carbocycles. The second kappa shape index (κ2) is 4.92. The molecular formula is C15H14O3. The second-order valence-electron chi connectivity index (χ2n) is 4.26. The second-order valence-corrected chi connectivity index (χ2v) is 4.26. The predicted molar refractivity (Wildman–Crippen MR) is 69.4 cm³/mol. The molecule has 0 spiro atoms. The van der Waals surface area contributed by atoms with Gasteiger partial charge in [-0.3, -0.25) is 0 Å². The van der Waals surface area contributed by atoms with Gasteiger partial charge >= 0.3 is 5.97 Å². The molecule has 0 radical (unpaired) electrons. The Labute approximate surface area is 106 Å². The number of aromatic carboxylic acids is 1. The van der Waals surface area contributed by atoms with E-state index in [-0.39, 0.29) is 5.56 Å². The van der Waals surface area contributed by atoms with Crippen LogP contribution in [0, 0.1) is 13.8 Å². The molecule has 0 heterocycles. The quantitative estimate of drug-likeness (QED) is 0.890. The van der Waals surface area contributed by atoms with E-state index in [0.717, 1.165) is 16.9 Å². The molecule has 0 unspecified atom stereocenters. The van der Waals surface area contributed by atoms with E-state index in [1.54, 1.807) is 12.1 Å². The van der Waals surface area contributed by atoms with Crippen molar-refractivity contribution in [3.63, 3.8) is 0 Å². The average Bonchev–Trinajstić information content (AvgIpc) is 2.27. The van der Waals surface area contributed by atoms with Crippen molar-refractivity contribution < 1.29 is 14.6 Å². The Morgan fingerprint density at radius 2 is 1.67 bits per heavy atom. The number of carboxylic acids is 1. The van der Waals surface area contributed by atoms with Crippen molar-refractivity contribution in [3.05, 3.63) is 59.2 Å². The molecule has 18 heavy (non-hydrogen) atoms. The molecule has 0 aliphatic rings. The number of ether oxygens (including phenoxy) is 1. The van der Waals surface area contributed by atoms with Crippen LogP contribution in [0.2, 0.25) is 0 Å². The lowest BCUT2D eigenvalue weighted by atomic mass is 10.1. The first-order chi connectivity index (χ1) is 8.54. The topological polar surface area (TPSA) is 46.5 Å². The molecule has 0 saturated carbocycles. The minimum Gasteiger partial charge on any atom is -0.478 e. The molecule has 0 saturated heterocycles. The SMILES string of the molecule is Cc1cc(C)cc(Oc2cccc(C(=O)O)c2)c1. The van der Waals surface area contributed by atoms with Crippen molar-refractivity contribution in [2.75, 3.05) is 0 Å². The van der Waals surface area contributed by atoms with E-state index in [2.05, 4.69) is 6.07 Å². The summed E-state index contributed by atoms with van der Waals surface area (Å²) >= 11 is 0. The molecule has 2 aromatic rings. The van der Waals surface area contributed by atoms with Gasteiger partial charge in [-0.2, -0.15) is 0 Å². The van der Waals surface area contributed by atoms with Crippen LogP contribution in [0.3, 0.4) is 0 Å². The van der Waals surface area contributed by atoms with Gasteiger partial charge in [0.2, 0.25) is 0 Å². The van der Waals surface area contributed by atoms with E-state index in [9.17, 15) is 4.79 Å². The summed E-state index contributed by atoms with van der Waals surface area (Å²) in [6, 6.07) is 12.4. The Bertz CT molecular complexity index is 568. The van der Waals surface area contributed by atoms with Gasteiger partial charge in [-0.05, 0) is 55.3 Å². The Hall–Kier alpha value is -2.29. The highest BCUT2D eigenvalue weighted by Gasteiger charge is 2.05. The Balaban J connectivity index is 2.28. The zero-order valence-electron chi connectivity index (χ0n) is 10.3. The van der Waals surface area contributed by atoms with Crippen LogP contribution >= 0.6 is 0 Å². The van der Waals surface area contributed by atoms with E-state index < -0.39 is 5.97 Å².